The highest BCUT2D eigenvalue weighted by Gasteiger charge is 2.29. The van der Waals surface area contributed by atoms with Crippen LogP contribution in [0.25, 0.3) is 0 Å². The molecule has 0 nitrogen and oxygen atoms in total. The number of hydrogen-bond acceptors (Lipinski definition) is 0. The zero-order valence-corrected chi connectivity index (χ0v) is 15.5. The molecule has 0 aromatic rings. The Labute approximate surface area is 135 Å². The maximum atomic E-state index is 4.44. The fourth-order valence-corrected chi connectivity index (χ4v) is 3.01. The highest BCUT2D eigenvalue weighted by atomic mass is 14.3. The van der Waals surface area contributed by atoms with Crippen molar-refractivity contribution >= 4 is 7.28 Å². The summed E-state index contributed by atoms with van der Waals surface area (Å²) >= 11 is 0. The first-order chi connectivity index (χ1) is 9.91. The van der Waals surface area contributed by atoms with Gasteiger partial charge in [0.05, 0.1) is 0 Å². The van der Waals surface area contributed by atoms with Crippen molar-refractivity contribution < 1.29 is 0 Å². The molecule has 120 valence electrons. The highest BCUT2D eigenvalue weighted by molar-refractivity contribution is 6.51. The molecule has 0 saturated heterocycles. The molecule has 0 amide bonds. The Balaban J connectivity index is 4.82. The number of rotatable bonds is 11. The zero-order valence-electron chi connectivity index (χ0n) is 15.5. The minimum absolute atomic E-state index is 0.335. The molecular formula is C20H37B. The monoisotopic (exact) mass is 288 g/mol. The second kappa shape index (κ2) is 10.9. The average molecular weight is 288 g/mol. The van der Waals surface area contributed by atoms with Gasteiger partial charge in [0.25, 0.3) is 0 Å². The van der Waals surface area contributed by atoms with Gasteiger partial charge in [0.1, 0.15) is 0 Å². The Morgan fingerprint density at radius 2 is 1.90 bits per heavy atom. The van der Waals surface area contributed by atoms with Crippen LogP contribution in [0.2, 0.25) is 0 Å². The second-order valence-corrected chi connectivity index (χ2v) is 6.94. The number of allylic oxidation sites excluding steroid dienone is 4. The van der Waals surface area contributed by atoms with Crippen LogP contribution in [0, 0.1) is 11.3 Å². The smallest absolute Gasteiger partial charge is 0.118 e. The van der Waals surface area contributed by atoms with Crippen LogP contribution in [-0.2, 0) is 0 Å². The first-order valence-electron chi connectivity index (χ1n) is 8.86. The van der Waals surface area contributed by atoms with E-state index in [-0.39, 0.29) is 0 Å². The third kappa shape index (κ3) is 7.74. The Morgan fingerprint density at radius 3 is 2.38 bits per heavy atom. The first-order valence-corrected chi connectivity index (χ1v) is 8.86. The molecule has 0 N–H and O–H groups in total. The molecule has 1 heteroatoms. The predicted octanol–water partition coefficient (Wildman–Crippen LogP) is 6.44. The molecule has 1 unspecified atom stereocenters. The van der Waals surface area contributed by atoms with Crippen LogP contribution in [0.1, 0.15) is 80.1 Å². The zero-order chi connectivity index (χ0) is 16.3. The van der Waals surface area contributed by atoms with E-state index in [2.05, 4.69) is 66.2 Å². The van der Waals surface area contributed by atoms with Crippen LogP contribution in [0.3, 0.4) is 0 Å². The molecule has 0 aromatic carbocycles. The molecule has 0 aliphatic carbocycles. The van der Waals surface area contributed by atoms with Gasteiger partial charge in [-0.15, -0.1) is 24.1 Å². The molecule has 0 spiro atoms. The standard InChI is InChI=1S/C20H37B/c1-8-14-20(10-3,19(7)21-16-9-2)15-13-18(6)12-11-17(4)5/h9,12,16-17,21H,7-8,10-11,13-15H2,1-6H3/b16-9-,18-12+. The molecule has 0 aliphatic rings. The molecule has 0 aliphatic heterocycles. The minimum Gasteiger partial charge on any atom is -0.118 e. The molecule has 0 saturated carbocycles. The average Bonchev–Trinajstić information content (AvgIpc) is 2.46. The molecule has 1 atom stereocenters. The lowest BCUT2D eigenvalue weighted by Crippen LogP contribution is -2.25. The van der Waals surface area contributed by atoms with Crippen molar-refractivity contribution in [3.05, 3.63) is 35.8 Å². The summed E-state index contributed by atoms with van der Waals surface area (Å²) in [6.45, 7) is 18.0. The van der Waals surface area contributed by atoms with E-state index in [4.69, 9.17) is 0 Å². The molecular weight excluding hydrogens is 251 g/mol. The Bertz CT molecular complexity index is 349. The summed E-state index contributed by atoms with van der Waals surface area (Å²) < 4.78 is 0. The molecule has 0 heterocycles. The van der Waals surface area contributed by atoms with E-state index in [1.54, 1.807) is 5.57 Å². The fraction of sp³-hybridized carbons (Fsp3) is 0.700. The quantitative estimate of drug-likeness (QED) is 0.303. The minimum atomic E-state index is 0.335. The third-order valence-electron chi connectivity index (χ3n) is 4.69. The van der Waals surface area contributed by atoms with Gasteiger partial charge in [-0.25, -0.2) is 0 Å². The third-order valence-corrected chi connectivity index (χ3v) is 4.69. The van der Waals surface area contributed by atoms with E-state index in [0.29, 0.717) is 5.41 Å². The summed E-state index contributed by atoms with van der Waals surface area (Å²) in [5.41, 5.74) is 3.32. The van der Waals surface area contributed by atoms with Crippen LogP contribution < -0.4 is 0 Å². The molecule has 0 radical (unpaired) electrons. The van der Waals surface area contributed by atoms with Crippen molar-refractivity contribution in [2.75, 3.05) is 0 Å². The summed E-state index contributed by atoms with van der Waals surface area (Å²) in [5, 5.41) is 0. The maximum Gasteiger partial charge on any atom is 0.177 e. The summed E-state index contributed by atoms with van der Waals surface area (Å²) in [7, 11) is 1.04. The van der Waals surface area contributed by atoms with Crippen LogP contribution in [0.4, 0.5) is 0 Å². The van der Waals surface area contributed by atoms with E-state index in [1.165, 1.54) is 44.0 Å². The molecule has 0 bridgehead atoms. The van der Waals surface area contributed by atoms with Gasteiger partial charge in [-0.3, -0.25) is 0 Å². The number of hydrogen-bond donors (Lipinski definition) is 0. The van der Waals surface area contributed by atoms with Crippen LogP contribution in [0.5, 0.6) is 0 Å². The largest absolute Gasteiger partial charge is 0.177 e. The molecule has 0 aromatic heterocycles. The topological polar surface area (TPSA) is 0 Å². The fourth-order valence-electron chi connectivity index (χ4n) is 3.01. The lowest BCUT2D eigenvalue weighted by atomic mass is 9.55. The van der Waals surface area contributed by atoms with Gasteiger partial charge in [0.15, 0.2) is 7.28 Å². The summed E-state index contributed by atoms with van der Waals surface area (Å²) in [4.78, 5) is 0. The summed E-state index contributed by atoms with van der Waals surface area (Å²) in [5.74, 6) is 3.01. The van der Waals surface area contributed by atoms with Crippen molar-refractivity contribution in [1.82, 2.24) is 0 Å². The SMILES string of the molecule is C=C(B/C=C\C)C(CC)(CCC)CC/C(C)=C/CC(C)C. The summed E-state index contributed by atoms with van der Waals surface area (Å²) in [6.07, 6.45) is 12.0. The van der Waals surface area contributed by atoms with Gasteiger partial charge in [-0.2, -0.15) is 0 Å². The van der Waals surface area contributed by atoms with Gasteiger partial charge in [-0.1, -0.05) is 45.8 Å². The summed E-state index contributed by atoms with van der Waals surface area (Å²) in [6, 6.07) is 0. The van der Waals surface area contributed by atoms with Crippen molar-refractivity contribution in [3.63, 3.8) is 0 Å². The van der Waals surface area contributed by atoms with E-state index >= 15 is 0 Å². The second-order valence-electron chi connectivity index (χ2n) is 6.94. The van der Waals surface area contributed by atoms with Crippen LogP contribution >= 0.6 is 0 Å². The Kier molecular flexibility index (Phi) is 10.6. The van der Waals surface area contributed by atoms with Crippen molar-refractivity contribution in [2.45, 2.75) is 80.1 Å². The van der Waals surface area contributed by atoms with Gasteiger partial charge in [-0.05, 0) is 57.3 Å². The Morgan fingerprint density at radius 1 is 1.24 bits per heavy atom. The van der Waals surface area contributed by atoms with Gasteiger partial charge >= 0.3 is 0 Å². The van der Waals surface area contributed by atoms with Crippen molar-refractivity contribution in [3.8, 4) is 0 Å². The van der Waals surface area contributed by atoms with Gasteiger partial charge < -0.3 is 0 Å². The Hall–Kier alpha value is -0.715. The van der Waals surface area contributed by atoms with E-state index in [9.17, 15) is 0 Å². The van der Waals surface area contributed by atoms with E-state index < -0.39 is 0 Å². The molecule has 0 rings (SSSR count). The van der Waals surface area contributed by atoms with Crippen molar-refractivity contribution in [2.24, 2.45) is 11.3 Å². The van der Waals surface area contributed by atoms with E-state index in [1.807, 2.05) is 0 Å². The van der Waals surface area contributed by atoms with Crippen LogP contribution in [0.15, 0.2) is 35.8 Å². The van der Waals surface area contributed by atoms with Gasteiger partial charge in [0, 0.05) is 0 Å². The lowest BCUT2D eigenvalue weighted by Gasteiger charge is -2.35. The van der Waals surface area contributed by atoms with Crippen LogP contribution in [-0.4, -0.2) is 7.28 Å². The molecule has 21 heavy (non-hydrogen) atoms. The lowest BCUT2D eigenvalue weighted by molar-refractivity contribution is 0.299. The first kappa shape index (κ1) is 20.3. The van der Waals surface area contributed by atoms with E-state index in [0.717, 1.165) is 13.2 Å². The van der Waals surface area contributed by atoms with Crippen molar-refractivity contribution in [1.29, 1.82) is 0 Å². The predicted molar refractivity (Wildman–Crippen MR) is 101 cm³/mol. The normalized spacial score (nSPS) is 15.5. The highest BCUT2D eigenvalue weighted by Crippen LogP contribution is 2.40. The maximum absolute atomic E-state index is 4.44. The molecule has 0 fully saturated rings. The van der Waals surface area contributed by atoms with Gasteiger partial charge in [0.2, 0.25) is 0 Å².